The molecule has 0 aliphatic rings. The normalized spacial score (nSPS) is 13.0. The third kappa shape index (κ3) is 6.01. The molecule has 0 fully saturated rings. The molecule has 0 aromatic carbocycles. The Kier molecular flexibility index (Phi) is 6.61. The molecule has 0 aliphatic carbocycles. The molecule has 1 rings (SSSR count). The van der Waals surface area contributed by atoms with Crippen LogP contribution in [0, 0.1) is 12.3 Å². The number of aliphatic hydroxyl groups excluding tert-OH is 1. The molecule has 0 radical (unpaired) electrons. The van der Waals surface area contributed by atoms with Gasteiger partial charge in [0, 0.05) is 24.4 Å². The number of carbonyl (C=O) groups is 1. The summed E-state index contributed by atoms with van der Waals surface area (Å²) in [6.45, 7) is 10.8. The smallest absolute Gasteiger partial charge is 0.314 e. The monoisotopic (exact) mass is 313 g/mol. The second kappa shape index (κ2) is 7.75. The van der Waals surface area contributed by atoms with E-state index < -0.39 is 6.10 Å². The molecule has 0 bridgehead atoms. The number of nitrogens with zero attached hydrogens (tertiary/aromatic N) is 1. The number of nitrogens with one attached hydrogen (secondary N) is 2. The number of aliphatic hydroxyl groups is 1. The number of thiazole rings is 1. The van der Waals surface area contributed by atoms with Gasteiger partial charge in [0.1, 0.15) is 0 Å². The maximum absolute atomic E-state index is 11.6. The lowest BCUT2D eigenvalue weighted by atomic mass is 9.89. The van der Waals surface area contributed by atoms with Crippen molar-refractivity contribution in [2.24, 2.45) is 5.41 Å². The molecule has 1 atom stereocenters. The van der Waals surface area contributed by atoms with Gasteiger partial charge in [-0.05, 0) is 18.8 Å². The van der Waals surface area contributed by atoms with Gasteiger partial charge in [0.25, 0.3) is 0 Å². The summed E-state index contributed by atoms with van der Waals surface area (Å²) in [5, 5.41) is 16.4. The van der Waals surface area contributed by atoms with Crippen molar-refractivity contribution in [1.82, 2.24) is 15.6 Å². The number of rotatable bonds is 6. The van der Waals surface area contributed by atoms with Gasteiger partial charge in [-0.3, -0.25) is 0 Å². The zero-order valence-corrected chi connectivity index (χ0v) is 14.4. The molecule has 0 aliphatic heterocycles. The van der Waals surface area contributed by atoms with E-state index in [2.05, 4.69) is 29.5 Å². The van der Waals surface area contributed by atoms with Crippen LogP contribution in [0.4, 0.5) is 4.79 Å². The van der Waals surface area contributed by atoms with Crippen LogP contribution in [0.15, 0.2) is 0 Å². The quantitative estimate of drug-likeness (QED) is 0.754. The summed E-state index contributed by atoms with van der Waals surface area (Å²) in [6, 6.07) is -0.248. The second-order valence-corrected chi connectivity index (χ2v) is 7.52. The van der Waals surface area contributed by atoms with Crippen LogP contribution in [0.5, 0.6) is 0 Å². The molecule has 0 saturated heterocycles. The van der Waals surface area contributed by atoms with E-state index >= 15 is 0 Å². The average molecular weight is 313 g/mol. The predicted octanol–water partition coefficient (Wildman–Crippen LogP) is 2.26. The first-order valence-electron chi connectivity index (χ1n) is 7.39. The summed E-state index contributed by atoms with van der Waals surface area (Å²) in [7, 11) is 0. The zero-order valence-electron chi connectivity index (χ0n) is 13.6. The molecule has 0 spiro atoms. The van der Waals surface area contributed by atoms with Crippen molar-refractivity contribution in [2.45, 2.75) is 53.6 Å². The summed E-state index contributed by atoms with van der Waals surface area (Å²) in [5.74, 6) is 0. The van der Waals surface area contributed by atoms with Gasteiger partial charge >= 0.3 is 6.03 Å². The fraction of sp³-hybridized carbons (Fsp3) is 0.733. The van der Waals surface area contributed by atoms with Crippen LogP contribution in [0.1, 0.15) is 43.3 Å². The van der Waals surface area contributed by atoms with Crippen molar-refractivity contribution in [1.29, 1.82) is 0 Å². The molecule has 3 N–H and O–H groups in total. The van der Waals surface area contributed by atoms with Gasteiger partial charge in [0.2, 0.25) is 0 Å². The lowest BCUT2D eigenvalue weighted by Crippen LogP contribution is -2.44. The third-order valence-corrected chi connectivity index (χ3v) is 4.42. The van der Waals surface area contributed by atoms with E-state index in [1.165, 1.54) is 4.88 Å². The van der Waals surface area contributed by atoms with E-state index in [-0.39, 0.29) is 18.0 Å². The van der Waals surface area contributed by atoms with Gasteiger partial charge in [-0.25, -0.2) is 9.78 Å². The molecule has 1 unspecified atom stereocenters. The Hall–Kier alpha value is -1.14. The standard InChI is InChI=1S/C15H27N3O2S/c1-6-11-10(2)21-13(18-11)7-8-16-14(20)17-9-12(19)15(3,4)5/h12,19H,6-9H2,1-5H3,(H2,16,17,20). The highest BCUT2D eigenvalue weighted by atomic mass is 32.1. The Bertz CT molecular complexity index is 466. The largest absolute Gasteiger partial charge is 0.391 e. The molecule has 2 amide bonds. The van der Waals surface area contributed by atoms with Crippen LogP contribution in [-0.2, 0) is 12.8 Å². The first kappa shape index (κ1) is 17.9. The van der Waals surface area contributed by atoms with Crippen molar-refractivity contribution in [3.8, 4) is 0 Å². The Labute approximate surface area is 131 Å². The number of hydrogen-bond acceptors (Lipinski definition) is 4. The molecular weight excluding hydrogens is 286 g/mol. The average Bonchev–Trinajstić information content (AvgIpc) is 2.75. The maximum atomic E-state index is 11.6. The van der Waals surface area contributed by atoms with Gasteiger partial charge in [-0.15, -0.1) is 11.3 Å². The highest BCUT2D eigenvalue weighted by Crippen LogP contribution is 2.18. The van der Waals surface area contributed by atoms with E-state index in [0.717, 1.165) is 23.5 Å². The third-order valence-electron chi connectivity index (χ3n) is 3.35. The summed E-state index contributed by atoms with van der Waals surface area (Å²) in [4.78, 5) is 17.4. The zero-order chi connectivity index (χ0) is 16.0. The highest BCUT2D eigenvalue weighted by Gasteiger charge is 2.22. The van der Waals surface area contributed by atoms with E-state index in [9.17, 15) is 9.90 Å². The molecule has 21 heavy (non-hydrogen) atoms. The van der Waals surface area contributed by atoms with Gasteiger partial charge in [0.15, 0.2) is 0 Å². The van der Waals surface area contributed by atoms with Gasteiger partial charge in [0.05, 0.1) is 16.8 Å². The van der Waals surface area contributed by atoms with Crippen LogP contribution in [-0.4, -0.2) is 35.3 Å². The maximum Gasteiger partial charge on any atom is 0.314 e. The topological polar surface area (TPSA) is 74.2 Å². The Morgan fingerprint density at radius 2 is 2.05 bits per heavy atom. The first-order valence-corrected chi connectivity index (χ1v) is 8.20. The van der Waals surface area contributed by atoms with Crippen LogP contribution in [0.25, 0.3) is 0 Å². The van der Waals surface area contributed by atoms with Crippen LogP contribution in [0.2, 0.25) is 0 Å². The number of aromatic nitrogens is 1. The van der Waals surface area contributed by atoms with Gasteiger partial charge < -0.3 is 15.7 Å². The first-order chi connectivity index (χ1) is 9.74. The highest BCUT2D eigenvalue weighted by molar-refractivity contribution is 7.11. The summed E-state index contributed by atoms with van der Waals surface area (Å²) in [5.41, 5.74) is 0.912. The van der Waals surface area contributed by atoms with Gasteiger partial charge in [-0.2, -0.15) is 0 Å². The number of amides is 2. The lowest BCUT2D eigenvalue weighted by Gasteiger charge is -2.25. The predicted molar refractivity (Wildman–Crippen MR) is 86.8 cm³/mol. The van der Waals surface area contributed by atoms with Crippen LogP contribution in [0.3, 0.4) is 0 Å². The van der Waals surface area contributed by atoms with E-state index in [0.29, 0.717) is 6.54 Å². The molecule has 1 aromatic rings. The molecule has 1 aromatic heterocycles. The van der Waals surface area contributed by atoms with Crippen LogP contribution >= 0.6 is 11.3 Å². The second-order valence-electron chi connectivity index (χ2n) is 6.23. The minimum absolute atomic E-state index is 0.234. The van der Waals surface area contributed by atoms with E-state index in [1.54, 1.807) is 11.3 Å². The fourth-order valence-electron chi connectivity index (χ4n) is 1.76. The molecule has 120 valence electrons. The molecule has 6 heteroatoms. The summed E-state index contributed by atoms with van der Waals surface area (Å²) >= 11 is 1.69. The Balaban J connectivity index is 2.27. The number of carbonyl (C=O) groups excluding carboxylic acids is 1. The lowest BCUT2D eigenvalue weighted by molar-refractivity contribution is 0.0650. The van der Waals surface area contributed by atoms with Crippen molar-refractivity contribution in [3.63, 3.8) is 0 Å². The summed E-state index contributed by atoms with van der Waals surface area (Å²) < 4.78 is 0. The summed E-state index contributed by atoms with van der Waals surface area (Å²) in [6.07, 6.45) is 1.12. The SMILES string of the molecule is CCc1nc(CCNC(=O)NCC(O)C(C)(C)C)sc1C. The minimum Gasteiger partial charge on any atom is -0.391 e. The Morgan fingerprint density at radius 1 is 1.38 bits per heavy atom. The Morgan fingerprint density at radius 3 is 2.57 bits per heavy atom. The van der Waals surface area contributed by atoms with Crippen LogP contribution < -0.4 is 10.6 Å². The molecule has 1 heterocycles. The number of hydrogen-bond donors (Lipinski definition) is 3. The van der Waals surface area contributed by atoms with Gasteiger partial charge in [-0.1, -0.05) is 27.7 Å². The van der Waals surface area contributed by atoms with Crippen molar-refractivity contribution in [3.05, 3.63) is 15.6 Å². The number of urea groups is 1. The van der Waals surface area contributed by atoms with Crippen molar-refractivity contribution in [2.75, 3.05) is 13.1 Å². The van der Waals surface area contributed by atoms with E-state index in [1.807, 2.05) is 20.8 Å². The molecule has 5 nitrogen and oxygen atoms in total. The van der Waals surface area contributed by atoms with Crippen molar-refractivity contribution >= 4 is 17.4 Å². The fourth-order valence-corrected chi connectivity index (χ4v) is 2.78. The van der Waals surface area contributed by atoms with E-state index in [4.69, 9.17) is 0 Å². The number of aryl methyl sites for hydroxylation is 2. The molecular formula is C15H27N3O2S. The molecule has 0 saturated carbocycles. The van der Waals surface area contributed by atoms with Crippen molar-refractivity contribution < 1.29 is 9.90 Å². The minimum atomic E-state index is -0.558.